The van der Waals surface area contributed by atoms with Gasteiger partial charge in [0.25, 0.3) is 0 Å². The van der Waals surface area contributed by atoms with E-state index >= 15 is 0 Å². The van der Waals surface area contributed by atoms with E-state index in [1.165, 1.54) is 31.2 Å². The van der Waals surface area contributed by atoms with Crippen LogP contribution in [-0.2, 0) is 19.0 Å². The highest BCUT2D eigenvalue weighted by Crippen LogP contribution is 2.64. The van der Waals surface area contributed by atoms with Gasteiger partial charge in [-0.25, -0.2) is 4.79 Å². The Hall–Kier alpha value is -2.12. The molecule has 7 atom stereocenters. The van der Waals surface area contributed by atoms with E-state index in [0.717, 1.165) is 0 Å². The molecule has 0 unspecified atom stereocenters. The normalized spacial score (nSPS) is 41.1. The largest absolute Gasteiger partial charge is 0.508 e. The van der Waals surface area contributed by atoms with Crippen LogP contribution in [0.25, 0.3) is 0 Å². The second-order valence-electron chi connectivity index (χ2n) is 10.2. The number of aromatic hydroxyl groups is 1. The summed E-state index contributed by atoms with van der Waals surface area (Å²) in [5.74, 6) is -1.39. The molecule has 7 heteroatoms. The minimum Gasteiger partial charge on any atom is -0.508 e. The Balaban J connectivity index is 1.73. The average Bonchev–Trinajstić information content (AvgIpc) is 3.23. The fourth-order valence-electron chi connectivity index (χ4n) is 5.96. The number of phenols is 1. The molecule has 2 saturated carbocycles. The molecular weight excluding hydrogens is 400 g/mol. The number of hydrogen-bond acceptors (Lipinski definition) is 7. The molecule has 0 spiro atoms. The van der Waals surface area contributed by atoms with Gasteiger partial charge in [0, 0.05) is 31.1 Å². The summed E-state index contributed by atoms with van der Waals surface area (Å²) in [5.41, 5.74) is -1.89. The maximum atomic E-state index is 13.0. The topological polar surface area (TPSA) is 106 Å². The Bertz CT molecular complexity index is 880. The number of benzene rings is 1. The van der Waals surface area contributed by atoms with E-state index in [4.69, 9.17) is 14.2 Å². The molecule has 31 heavy (non-hydrogen) atoms. The number of carbonyl (C=O) groups is 2. The highest BCUT2D eigenvalue weighted by Gasteiger charge is 2.71. The lowest BCUT2D eigenvalue weighted by Gasteiger charge is -2.44. The number of ether oxygens (including phenoxy) is 3. The SMILES string of the molecule is CC(=O)O[C@H]1C[C@](O)(C(C)C)[C@H]2[C@@H](OC(=O)c3ccc(O)cc3)C[C@]3(C)O[C@H]3C[C@]12C. The first kappa shape index (κ1) is 22.1. The molecule has 3 aliphatic rings. The molecular formula is C24H32O7. The summed E-state index contributed by atoms with van der Waals surface area (Å²) in [5, 5.41) is 21.4. The predicted octanol–water partition coefficient (Wildman–Crippen LogP) is 3.21. The number of fused-ring (bicyclic) bond motifs is 2. The third-order valence-electron chi connectivity index (χ3n) is 7.81. The number of phenolic OH excluding ortho intramolecular Hbond substituents is 1. The number of hydrogen-bond donors (Lipinski definition) is 2. The summed E-state index contributed by atoms with van der Waals surface area (Å²) in [4.78, 5) is 24.9. The van der Waals surface area contributed by atoms with Crippen molar-refractivity contribution in [3.05, 3.63) is 29.8 Å². The lowest BCUT2D eigenvalue weighted by Crippen LogP contribution is -2.51. The first-order valence-electron chi connectivity index (χ1n) is 11.0. The van der Waals surface area contributed by atoms with Crippen LogP contribution in [0.1, 0.15) is 64.2 Å². The Morgan fingerprint density at radius 2 is 1.74 bits per heavy atom. The fourth-order valence-corrected chi connectivity index (χ4v) is 5.96. The van der Waals surface area contributed by atoms with Crippen LogP contribution < -0.4 is 0 Å². The van der Waals surface area contributed by atoms with Crippen molar-refractivity contribution in [2.45, 2.75) is 83.4 Å². The average molecular weight is 433 g/mol. The molecule has 1 aromatic rings. The van der Waals surface area contributed by atoms with Gasteiger partial charge in [-0.2, -0.15) is 0 Å². The van der Waals surface area contributed by atoms with E-state index in [9.17, 15) is 19.8 Å². The van der Waals surface area contributed by atoms with Crippen LogP contribution in [0.4, 0.5) is 0 Å². The van der Waals surface area contributed by atoms with Crippen LogP contribution in [0.15, 0.2) is 24.3 Å². The monoisotopic (exact) mass is 432 g/mol. The van der Waals surface area contributed by atoms with Crippen molar-refractivity contribution in [1.82, 2.24) is 0 Å². The summed E-state index contributed by atoms with van der Waals surface area (Å²) in [6.07, 6.45) is 0.227. The molecule has 170 valence electrons. The maximum absolute atomic E-state index is 13.0. The number of rotatable bonds is 4. The minimum atomic E-state index is -1.16. The summed E-state index contributed by atoms with van der Waals surface area (Å²) in [7, 11) is 0. The van der Waals surface area contributed by atoms with Crippen molar-refractivity contribution in [2.75, 3.05) is 0 Å². The first-order valence-corrected chi connectivity index (χ1v) is 11.0. The summed E-state index contributed by atoms with van der Waals surface area (Å²) >= 11 is 0. The second kappa shape index (κ2) is 7.20. The van der Waals surface area contributed by atoms with E-state index in [0.29, 0.717) is 24.8 Å². The third kappa shape index (κ3) is 3.61. The van der Waals surface area contributed by atoms with Gasteiger partial charge in [-0.05, 0) is 43.5 Å². The van der Waals surface area contributed by atoms with Crippen molar-refractivity contribution in [1.29, 1.82) is 0 Å². The zero-order valence-electron chi connectivity index (χ0n) is 18.8. The number of aliphatic hydroxyl groups is 1. The number of carbonyl (C=O) groups excluding carboxylic acids is 2. The highest BCUT2D eigenvalue weighted by atomic mass is 16.6. The van der Waals surface area contributed by atoms with Crippen molar-refractivity contribution in [2.24, 2.45) is 17.3 Å². The molecule has 1 aliphatic heterocycles. The maximum Gasteiger partial charge on any atom is 0.338 e. The molecule has 0 radical (unpaired) electrons. The van der Waals surface area contributed by atoms with Gasteiger partial charge in [0.15, 0.2) is 0 Å². The molecule has 2 N–H and O–H groups in total. The summed E-state index contributed by atoms with van der Waals surface area (Å²) < 4.78 is 17.7. The zero-order valence-corrected chi connectivity index (χ0v) is 18.8. The Morgan fingerprint density at radius 1 is 1.10 bits per heavy atom. The van der Waals surface area contributed by atoms with Gasteiger partial charge < -0.3 is 24.4 Å². The third-order valence-corrected chi connectivity index (χ3v) is 7.81. The smallest absolute Gasteiger partial charge is 0.338 e. The van der Waals surface area contributed by atoms with Crippen LogP contribution in [-0.4, -0.2) is 51.7 Å². The van der Waals surface area contributed by atoms with E-state index in [-0.39, 0.29) is 23.7 Å². The molecule has 7 nitrogen and oxygen atoms in total. The zero-order chi connectivity index (χ0) is 22.8. The van der Waals surface area contributed by atoms with E-state index < -0.39 is 40.7 Å². The minimum absolute atomic E-state index is 0.0371. The lowest BCUT2D eigenvalue weighted by atomic mass is 9.67. The van der Waals surface area contributed by atoms with Gasteiger partial charge in [-0.15, -0.1) is 0 Å². The molecule has 4 rings (SSSR count). The van der Waals surface area contributed by atoms with Gasteiger partial charge in [-0.3, -0.25) is 4.79 Å². The van der Waals surface area contributed by atoms with Crippen LogP contribution in [0.3, 0.4) is 0 Å². The molecule has 0 bridgehead atoms. The Morgan fingerprint density at radius 3 is 2.32 bits per heavy atom. The quantitative estimate of drug-likeness (QED) is 0.556. The lowest BCUT2D eigenvalue weighted by molar-refractivity contribution is -0.155. The van der Waals surface area contributed by atoms with Crippen LogP contribution in [0.5, 0.6) is 5.75 Å². The van der Waals surface area contributed by atoms with Crippen LogP contribution >= 0.6 is 0 Å². The molecule has 1 saturated heterocycles. The van der Waals surface area contributed by atoms with Gasteiger partial charge in [-0.1, -0.05) is 20.8 Å². The molecule has 0 amide bonds. The summed E-state index contributed by atoms with van der Waals surface area (Å²) in [6, 6.07) is 5.89. The van der Waals surface area contributed by atoms with Crippen LogP contribution in [0.2, 0.25) is 0 Å². The fraction of sp³-hybridized carbons (Fsp3) is 0.667. The Kier molecular flexibility index (Phi) is 5.13. The molecule has 1 heterocycles. The first-order chi connectivity index (χ1) is 14.4. The molecule has 2 aliphatic carbocycles. The molecule has 0 aromatic heterocycles. The van der Waals surface area contributed by atoms with Gasteiger partial charge in [0.1, 0.15) is 18.0 Å². The van der Waals surface area contributed by atoms with Crippen LogP contribution in [0, 0.1) is 17.3 Å². The Labute approximate surface area is 182 Å². The highest BCUT2D eigenvalue weighted by molar-refractivity contribution is 5.89. The number of epoxide rings is 1. The van der Waals surface area contributed by atoms with Gasteiger partial charge in [0.05, 0.1) is 22.9 Å². The second-order valence-corrected chi connectivity index (χ2v) is 10.2. The standard InChI is InChI=1S/C24H32O7/c1-13(2)24(28)12-18(29-14(3)25)22(4)11-19-23(5,31-19)10-17(20(22)24)30-21(27)15-6-8-16(26)9-7-15/h6-9,13,17-20,26,28H,10-12H2,1-5H3/t17-,18-,19-,20-,22+,23-,24-/m0/s1. The van der Waals surface area contributed by atoms with Gasteiger partial charge >= 0.3 is 11.9 Å². The molecule has 1 aromatic carbocycles. The van der Waals surface area contributed by atoms with E-state index in [1.54, 1.807) is 0 Å². The number of esters is 2. The van der Waals surface area contributed by atoms with E-state index in [1.807, 2.05) is 27.7 Å². The van der Waals surface area contributed by atoms with Gasteiger partial charge in [0.2, 0.25) is 0 Å². The molecule has 3 fully saturated rings. The van der Waals surface area contributed by atoms with Crippen molar-refractivity contribution < 1.29 is 34.0 Å². The van der Waals surface area contributed by atoms with Crippen molar-refractivity contribution in [3.63, 3.8) is 0 Å². The predicted molar refractivity (Wildman–Crippen MR) is 111 cm³/mol. The van der Waals surface area contributed by atoms with Crippen molar-refractivity contribution in [3.8, 4) is 5.75 Å². The summed E-state index contributed by atoms with van der Waals surface area (Å²) in [6.45, 7) is 9.28. The van der Waals surface area contributed by atoms with Crippen molar-refractivity contribution >= 4 is 11.9 Å². The van der Waals surface area contributed by atoms with E-state index in [2.05, 4.69) is 0 Å².